The molecule has 0 amide bonds. The minimum Gasteiger partial charge on any atom is -0.327 e. The molecular formula is H4O6P2S2. The fraction of sp³-hybridized carbons (Fsp3) is 0. The molecule has 0 aliphatic rings. The summed E-state index contributed by atoms with van der Waals surface area (Å²) in [4.78, 5) is 32.4. The topological polar surface area (TPSA) is 99.4 Å². The molecule has 10 heteroatoms. The van der Waals surface area contributed by atoms with E-state index in [0.717, 1.165) is 0 Å². The normalized spacial score (nSPS) is 11.4. The second-order valence-corrected chi connectivity index (χ2v) is 4.08. The highest BCUT2D eigenvalue weighted by atomic mass is 33.1. The van der Waals surface area contributed by atoms with Crippen LogP contribution in [0.4, 0.5) is 0 Å². The Morgan fingerprint density at radius 3 is 1.30 bits per heavy atom. The molecule has 0 radical (unpaired) electrons. The Morgan fingerprint density at radius 1 is 0.800 bits per heavy atom. The maximum atomic E-state index is 8.11. The molecule has 0 saturated carbocycles. The van der Waals surface area contributed by atoms with Crippen molar-refractivity contribution < 1.29 is 27.5 Å². The van der Waals surface area contributed by atoms with Crippen LogP contribution in [0.15, 0.2) is 0 Å². The van der Waals surface area contributed by atoms with E-state index >= 15 is 0 Å². The van der Waals surface area contributed by atoms with E-state index in [0.29, 0.717) is 22.1 Å². The summed E-state index contributed by atoms with van der Waals surface area (Å²) in [6.07, 6.45) is 0. The molecule has 0 atom stereocenters. The molecule has 62 valence electrons. The number of hydrogen-bond acceptors (Lipinski definition) is 8. The molecule has 0 heterocycles. The number of hydrogen-bond donors (Lipinski definition) is 4. The van der Waals surface area contributed by atoms with E-state index in [1.165, 1.54) is 0 Å². The van der Waals surface area contributed by atoms with Crippen molar-refractivity contribution in [3.8, 4) is 0 Å². The lowest BCUT2D eigenvalue weighted by molar-refractivity contribution is 0.393. The van der Waals surface area contributed by atoms with Crippen LogP contribution in [0.5, 0.6) is 0 Å². The average molecular weight is 226 g/mol. The van der Waals surface area contributed by atoms with Gasteiger partial charge in [0.1, 0.15) is 22.1 Å². The van der Waals surface area contributed by atoms with Gasteiger partial charge >= 0.3 is 17.2 Å². The van der Waals surface area contributed by atoms with Crippen LogP contribution in [0, 0.1) is 0 Å². The summed E-state index contributed by atoms with van der Waals surface area (Å²) < 4.78 is 8.22. The van der Waals surface area contributed by atoms with Gasteiger partial charge in [0, 0.05) is 0 Å². The van der Waals surface area contributed by atoms with Crippen molar-refractivity contribution in [2.75, 3.05) is 0 Å². The van der Waals surface area contributed by atoms with Gasteiger partial charge in [0.25, 0.3) is 0 Å². The summed E-state index contributed by atoms with van der Waals surface area (Å²) in [5.74, 6) is 0. The molecule has 0 saturated heterocycles. The first-order chi connectivity index (χ1) is 4.63. The zero-order valence-corrected chi connectivity index (χ0v) is 7.74. The Labute approximate surface area is 67.4 Å². The van der Waals surface area contributed by atoms with Crippen molar-refractivity contribution >= 4 is 39.4 Å². The monoisotopic (exact) mass is 226 g/mol. The smallest absolute Gasteiger partial charge is 0.327 e. The first kappa shape index (κ1) is 11.3. The molecule has 0 aromatic heterocycles. The lowest BCUT2D eigenvalue weighted by atomic mass is 15.8. The lowest BCUT2D eigenvalue weighted by Crippen LogP contribution is -1.69. The zero-order valence-electron chi connectivity index (χ0n) is 4.32. The van der Waals surface area contributed by atoms with Gasteiger partial charge in [-0.05, 0) is 0 Å². The highest BCUT2D eigenvalue weighted by Crippen LogP contribution is 2.43. The molecule has 0 rings (SSSR count). The second-order valence-electron chi connectivity index (χ2n) is 0.791. The van der Waals surface area contributed by atoms with Crippen LogP contribution in [0.1, 0.15) is 0 Å². The van der Waals surface area contributed by atoms with Gasteiger partial charge in [0.05, 0.1) is 0 Å². The van der Waals surface area contributed by atoms with E-state index in [2.05, 4.69) is 7.94 Å². The molecule has 6 nitrogen and oxygen atoms in total. The second kappa shape index (κ2) is 7.00. The summed E-state index contributed by atoms with van der Waals surface area (Å²) in [6, 6.07) is 0. The van der Waals surface area contributed by atoms with Crippen molar-refractivity contribution in [2.45, 2.75) is 0 Å². The van der Waals surface area contributed by atoms with Gasteiger partial charge in [0.2, 0.25) is 0 Å². The predicted octanol–water partition coefficient (Wildman–Crippen LogP) is 0.654. The molecule has 0 bridgehead atoms. The van der Waals surface area contributed by atoms with Gasteiger partial charge < -0.3 is 19.6 Å². The predicted molar refractivity (Wildman–Crippen MR) is 40.1 cm³/mol. The van der Waals surface area contributed by atoms with Crippen molar-refractivity contribution in [3.63, 3.8) is 0 Å². The first-order valence-electron chi connectivity index (χ1n) is 1.67. The van der Waals surface area contributed by atoms with Gasteiger partial charge in [-0.1, -0.05) is 0 Å². The summed E-state index contributed by atoms with van der Waals surface area (Å²) >= 11 is 1.02. The quantitative estimate of drug-likeness (QED) is 0.235. The maximum absolute atomic E-state index is 8.11. The third-order valence-electron chi connectivity index (χ3n) is 0.222. The largest absolute Gasteiger partial charge is 0.340 e. The number of rotatable bonds is 5. The molecule has 0 aliphatic heterocycles. The maximum Gasteiger partial charge on any atom is 0.340 e. The van der Waals surface area contributed by atoms with Crippen LogP contribution in [0.25, 0.3) is 0 Å². The summed E-state index contributed by atoms with van der Waals surface area (Å²) in [5, 5.41) is 0. The van der Waals surface area contributed by atoms with Crippen LogP contribution in [-0.4, -0.2) is 19.6 Å². The Kier molecular flexibility index (Phi) is 7.92. The van der Waals surface area contributed by atoms with E-state index in [9.17, 15) is 0 Å². The third-order valence-corrected chi connectivity index (χ3v) is 3.09. The van der Waals surface area contributed by atoms with Gasteiger partial charge in [-0.3, -0.25) is 0 Å². The minimum atomic E-state index is -2.43. The molecular weight excluding hydrogens is 222 g/mol. The van der Waals surface area contributed by atoms with Gasteiger partial charge in [0.15, 0.2) is 0 Å². The Balaban J connectivity index is 2.91. The van der Waals surface area contributed by atoms with E-state index in [4.69, 9.17) is 19.6 Å². The average Bonchev–Trinajstić information content (AvgIpc) is 1.79. The van der Waals surface area contributed by atoms with Crippen molar-refractivity contribution in [1.29, 1.82) is 0 Å². The van der Waals surface area contributed by atoms with Gasteiger partial charge in [-0.25, -0.2) is 7.94 Å². The molecule has 10 heavy (non-hydrogen) atoms. The van der Waals surface area contributed by atoms with Crippen molar-refractivity contribution in [3.05, 3.63) is 0 Å². The van der Waals surface area contributed by atoms with Crippen LogP contribution < -0.4 is 0 Å². The lowest BCUT2D eigenvalue weighted by Gasteiger charge is -2.00. The molecule has 0 aliphatic carbocycles. The SMILES string of the molecule is OP(O)OSSOP(O)O. The molecule has 0 spiro atoms. The standard InChI is InChI=1S/H4O6P2S2/c1-7(2)5-9-10-6-8(3)4/h1-4H. The Morgan fingerprint density at radius 2 is 1.10 bits per heavy atom. The Hall–Kier alpha value is 1.32. The molecule has 0 fully saturated rings. The van der Waals surface area contributed by atoms with Crippen LogP contribution in [-0.2, 0) is 7.94 Å². The minimum absolute atomic E-state index is 0.509. The van der Waals surface area contributed by atoms with Gasteiger partial charge in [-0.15, -0.1) is 0 Å². The van der Waals surface area contributed by atoms with Crippen LogP contribution in [0.2, 0.25) is 0 Å². The molecule has 0 unspecified atom stereocenters. The summed E-state index contributed by atoms with van der Waals surface area (Å²) in [7, 11) is -4.85. The van der Waals surface area contributed by atoms with E-state index in [1.807, 2.05) is 0 Å². The van der Waals surface area contributed by atoms with Crippen molar-refractivity contribution in [2.24, 2.45) is 0 Å². The van der Waals surface area contributed by atoms with E-state index in [1.54, 1.807) is 0 Å². The van der Waals surface area contributed by atoms with Crippen LogP contribution in [0.3, 0.4) is 0 Å². The fourth-order valence-corrected chi connectivity index (χ4v) is 2.14. The van der Waals surface area contributed by atoms with E-state index < -0.39 is 17.2 Å². The van der Waals surface area contributed by atoms with E-state index in [-0.39, 0.29) is 0 Å². The van der Waals surface area contributed by atoms with Gasteiger partial charge in [-0.2, -0.15) is 0 Å². The zero-order chi connectivity index (χ0) is 7.98. The summed E-state index contributed by atoms with van der Waals surface area (Å²) in [5.41, 5.74) is 0. The highest BCUT2D eigenvalue weighted by molar-refractivity contribution is 8.73. The van der Waals surface area contributed by atoms with Crippen LogP contribution >= 0.6 is 39.4 Å². The fourth-order valence-electron chi connectivity index (χ4n) is 0.0793. The highest BCUT2D eigenvalue weighted by Gasteiger charge is 2.04. The molecule has 0 aromatic carbocycles. The first-order valence-corrected chi connectivity index (χ1v) is 6.00. The third kappa shape index (κ3) is 9.32. The van der Waals surface area contributed by atoms with Crippen molar-refractivity contribution in [1.82, 2.24) is 0 Å². The summed E-state index contributed by atoms with van der Waals surface area (Å²) in [6.45, 7) is 0. The molecule has 4 N–H and O–H groups in total. The Bertz CT molecular complexity index is 66.1. The molecule has 0 aromatic rings.